The van der Waals surface area contributed by atoms with E-state index in [-0.39, 0.29) is 16.0 Å². The molecule has 6 nitrogen and oxygen atoms in total. The molecule has 1 amide bonds. The molecule has 0 unspecified atom stereocenters. The Morgan fingerprint density at radius 2 is 1.68 bits per heavy atom. The summed E-state index contributed by atoms with van der Waals surface area (Å²) in [4.78, 5) is 15.4. The van der Waals surface area contributed by atoms with Crippen LogP contribution >= 0.6 is 0 Å². The highest BCUT2D eigenvalue weighted by atomic mass is 32.2. The molecule has 3 rings (SSSR count). The molecular weight excluding hydrogens is 417 g/mol. The van der Waals surface area contributed by atoms with E-state index in [0.29, 0.717) is 19.6 Å². The molecule has 1 aromatic rings. The number of amides is 1. The molecule has 1 aliphatic heterocycles. The number of carbonyl (C=O) groups is 1. The second-order valence-corrected chi connectivity index (χ2v) is 10.7. The van der Waals surface area contributed by atoms with Crippen LogP contribution in [0.3, 0.4) is 0 Å². The minimum Gasteiger partial charge on any atom is -0.350 e. The van der Waals surface area contributed by atoms with Crippen LogP contribution < -0.4 is 5.32 Å². The van der Waals surface area contributed by atoms with Crippen molar-refractivity contribution in [3.05, 3.63) is 29.6 Å². The van der Waals surface area contributed by atoms with Gasteiger partial charge in [0.2, 0.25) is 10.0 Å². The fourth-order valence-corrected chi connectivity index (χ4v) is 6.56. The lowest BCUT2D eigenvalue weighted by molar-refractivity contribution is 0.0326. The highest BCUT2D eigenvalue weighted by molar-refractivity contribution is 7.89. The average molecular weight is 454 g/mol. The van der Waals surface area contributed by atoms with E-state index in [4.69, 9.17) is 0 Å². The van der Waals surface area contributed by atoms with E-state index in [1.54, 1.807) is 13.8 Å². The number of benzene rings is 1. The van der Waals surface area contributed by atoms with Crippen molar-refractivity contribution in [1.29, 1.82) is 0 Å². The summed E-state index contributed by atoms with van der Waals surface area (Å²) in [6.45, 7) is 6.69. The van der Waals surface area contributed by atoms with Gasteiger partial charge in [0.05, 0.1) is 10.5 Å². The maximum absolute atomic E-state index is 14.5. The van der Waals surface area contributed by atoms with E-state index in [9.17, 15) is 17.6 Å². The van der Waals surface area contributed by atoms with Gasteiger partial charge in [-0.3, -0.25) is 9.69 Å². The van der Waals surface area contributed by atoms with Crippen molar-refractivity contribution in [3.8, 4) is 0 Å². The van der Waals surface area contributed by atoms with E-state index in [2.05, 4.69) is 10.2 Å². The Bertz CT molecular complexity index is 859. The number of hydrogen-bond donors (Lipinski definition) is 1. The second kappa shape index (κ2) is 10.4. The predicted molar refractivity (Wildman–Crippen MR) is 120 cm³/mol. The van der Waals surface area contributed by atoms with Crippen molar-refractivity contribution >= 4 is 15.9 Å². The molecule has 31 heavy (non-hydrogen) atoms. The Balaban J connectivity index is 1.79. The van der Waals surface area contributed by atoms with Crippen LogP contribution in [0.1, 0.15) is 75.6 Å². The molecule has 1 heterocycles. The van der Waals surface area contributed by atoms with Crippen molar-refractivity contribution in [2.45, 2.75) is 75.6 Å². The van der Waals surface area contributed by atoms with E-state index >= 15 is 0 Å². The monoisotopic (exact) mass is 453 g/mol. The number of carbonyl (C=O) groups excluding carboxylic acids is 1. The molecule has 2 aliphatic rings. The first-order valence-electron chi connectivity index (χ1n) is 11.7. The topological polar surface area (TPSA) is 69.7 Å². The van der Waals surface area contributed by atoms with Crippen molar-refractivity contribution in [1.82, 2.24) is 14.5 Å². The van der Waals surface area contributed by atoms with Crippen LogP contribution in [-0.2, 0) is 10.0 Å². The largest absolute Gasteiger partial charge is 0.350 e. The lowest BCUT2D eigenvalue weighted by Crippen LogP contribution is -2.58. The molecule has 0 radical (unpaired) electrons. The SMILES string of the molecule is CCN(CC)S(=O)(=O)c1ccc(F)c(C(=O)NCC2(N3CCCCC3)CCCCC2)c1. The maximum Gasteiger partial charge on any atom is 0.254 e. The van der Waals surface area contributed by atoms with Gasteiger partial charge < -0.3 is 5.32 Å². The lowest BCUT2D eigenvalue weighted by Gasteiger charge is -2.48. The van der Waals surface area contributed by atoms with E-state index in [1.165, 1.54) is 42.1 Å². The van der Waals surface area contributed by atoms with Crippen LogP contribution in [0.5, 0.6) is 0 Å². The summed E-state index contributed by atoms with van der Waals surface area (Å²) in [5.74, 6) is -1.25. The summed E-state index contributed by atoms with van der Waals surface area (Å²) in [6.07, 6.45) is 9.15. The number of sulfonamides is 1. The summed E-state index contributed by atoms with van der Waals surface area (Å²) in [7, 11) is -3.76. The maximum atomic E-state index is 14.5. The Morgan fingerprint density at radius 1 is 1.06 bits per heavy atom. The highest BCUT2D eigenvalue weighted by Crippen LogP contribution is 2.35. The van der Waals surface area contributed by atoms with Gasteiger partial charge in [0.15, 0.2) is 0 Å². The predicted octanol–water partition coefficient (Wildman–Crippen LogP) is 3.77. The zero-order valence-corrected chi connectivity index (χ0v) is 19.6. The molecule has 0 spiro atoms. The Kier molecular flexibility index (Phi) is 8.10. The summed E-state index contributed by atoms with van der Waals surface area (Å²) < 4.78 is 41.4. The van der Waals surface area contributed by atoms with Gasteiger partial charge in [-0.25, -0.2) is 12.8 Å². The number of hydrogen-bond acceptors (Lipinski definition) is 4. The molecule has 0 atom stereocenters. The molecule has 0 bridgehead atoms. The zero-order valence-electron chi connectivity index (χ0n) is 18.8. The Labute approximate surface area is 186 Å². The normalized spacial score (nSPS) is 20.0. The third-order valence-electron chi connectivity index (χ3n) is 6.91. The summed E-state index contributed by atoms with van der Waals surface area (Å²) >= 11 is 0. The molecule has 0 aromatic heterocycles. The standard InChI is InChI=1S/C23H36FN3O3S/c1-3-27(4-2)31(29,30)19-11-12-21(24)20(17-19)22(28)25-18-23(13-7-5-8-14-23)26-15-9-6-10-16-26/h11-12,17H,3-10,13-16,18H2,1-2H3,(H,25,28). The molecule has 174 valence electrons. The van der Waals surface area contributed by atoms with E-state index in [0.717, 1.165) is 44.8 Å². The smallest absolute Gasteiger partial charge is 0.254 e. The van der Waals surface area contributed by atoms with Crippen LogP contribution in [0.25, 0.3) is 0 Å². The van der Waals surface area contributed by atoms with Crippen LogP contribution in [-0.4, -0.2) is 61.8 Å². The van der Waals surface area contributed by atoms with Crippen molar-refractivity contribution in [3.63, 3.8) is 0 Å². The van der Waals surface area contributed by atoms with Gasteiger partial charge in [0, 0.05) is 25.2 Å². The van der Waals surface area contributed by atoms with Crippen LogP contribution in [0.15, 0.2) is 23.1 Å². The van der Waals surface area contributed by atoms with Gasteiger partial charge in [0.1, 0.15) is 5.82 Å². The Morgan fingerprint density at radius 3 is 2.29 bits per heavy atom. The molecule has 2 fully saturated rings. The fraction of sp³-hybridized carbons (Fsp3) is 0.696. The van der Waals surface area contributed by atoms with Gasteiger partial charge in [-0.05, 0) is 57.0 Å². The van der Waals surface area contributed by atoms with Crippen molar-refractivity contribution < 1.29 is 17.6 Å². The quantitative estimate of drug-likeness (QED) is 0.650. The summed E-state index contributed by atoms with van der Waals surface area (Å²) in [5.41, 5.74) is -0.284. The van der Waals surface area contributed by atoms with Gasteiger partial charge in [-0.2, -0.15) is 4.31 Å². The molecule has 1 aliphatic carbocycles. The molecule has 1 saturated carbocycles. The van der Waals surface area contributed by atoms with Gasteiger partial charge >= 0.3 is 0 Å². The number of nitrogens with one attached hydrogen (secondary N) is 1. The minimum atomic E-state index is -3.76. The van der Waals surface area contributed by atoms with Gasteiger partial charge in [-0.1, -0.05) is 39.5 Å². The van der Waals surface area contributed by atoms with Crippen LogP contribution in [0, 0.1) is 5.82 Å². The van der Waals surface area contributed by atoms with Gasteiger partial charge in [0.25, 0.3) is 5.91 Å². The van der Waals surface area contributed by atoms with E-state index < -0.39 is 21.7 Å². The van der Waals surface area contributed by atoms with E-state index in [1.807, 2.05) is 0 Å². The minimum absolute atomic E-state index is 0.0499. The van der Waals surface area contributed by atoms with Crippen LogP contribution in [0.4, 0.5) is 4.39 Å². The first kappa shape index (κ1) is 24.1. The van der Waals surface area contributed by atoms with Crippen LogP contribution in [0.2, 0.25) is 0 Å². The zero-order chi connectivity index (χ0) is 22.5. The first-order chi connectivity index (χ1) is 14.8. The number of halogens is 1. The average Bonchev–Trinajstić information content (AvgIpc) is 2.79. The molecule has 1 saturated heterocycles. The Hall–Kier alpha value is -1.51. The summed E-state index contributed by atoms with van der Waals surface area (Å²) in [5, 5.41) is 2.95. The number of likely N-dealkylation sites (tertiary alicyclic amines) is 1. The lowest BCUT2D eigenvalue weighted by atomic mass is 9.79. The van der Waals surface area contributed by atoms with Crippen molar-refractivity contribution in [2.75, 3.05) is 32.7 Å². The third-order valence-corrected chi connectivity index (χ3v) is 8.96. The summed E-state index contributed by atoms with van der Waals surface area (Å²) in [6, 6.07) is 3.48. The molecule has 1 N–H and O–H groups in total. The molecule has 8 heteroatoms. The number of piperidine rings is 1. The third kappa shape index (κ3) is 5.29. The number of nitrogens with zero attached hydrogens (tertiary/aromatic N) is 2. The van der Waals surface area contributed by atoms with Gasteiger partial charge in [-0.15, -0.1) is 0 Å². The number of rotatable bonds is 8. The second-order valence-electron chi connectivity index (χ2n) is 8.75. The fourth-order valence-electron chi connectivity index (χ4n) is 5.07. The molecule has 1 aromatic carbocycles. The highest BCUT2D eigenvalue weighted by Gasteiger charge is 2.38. The first-order valence-corrected chi connectivity index (χ1v) is 13.1. The molecular formula is C23H36FN3O3S. The van der Waals surface area contributed by atoms with Crippen molar-refractivity contribution in [2.24, 2.45) is 0 Å².